The Kier molecular flexibility index (Phi) is 5.17. The van der Waals surface area contributed by atoms with E-state index in [-0.39, 0.29) is 29.6 Å². The Labute approximate surface area is 101 Å². The molecule has 15 heavy (non-hydrogen) atoms. The summed E-state index contributed by atoms with van der Waals surface area (Å²) in [6.07, 6.45) is -6.71. The van der Waals surface area contributed by atoms with Crippen molar-refractivity contribution in [3.8, 4) is 0 Å². The molecule has 0 aliphatic carbocycles. The van der Waals surface area contributed by atoms with Gasteiger partial charge in [0, 0.05) is 0 Å². The molecule has 12 heteroatoms. The van der Waals surface area contributed by atoms with E-state index in [0.29, 0.717) is 0 Å². The Morgan fingerprint density at radius 1 is 0.867 bits per heavy atom. The first-order valence-electron chi connectivity index (χ1n) is 2.60. The van der Waals surface area contributed by atoms with E-state index in [1.54, 1.807) is 0 Å². The third kappa shape index (κ3) is 2.96. The van der Waals surface area contributed by atoms with Gasteiger partial charge in [-0.1, -0.05) is 0 Å². The fourth-order valence-electron chi connectivity index (χ4n) is 0.344. The van der Waals surface area contributed by atoms with E-state index in [1.807, 2.05) is 0 Å². The van der Waals surface area contributed by atoms with Crippen LogP contribution in [0.3, 0.4) is 0 Å². The van der Waals surface area contributed by atoms with Crippen molar-refractivity contribution in [2.75, 3.05) is 0 Å². The number of rotatable bonds is 2. The number of primary sulfonamides is 1. The van der Waals surface area contributed by atoms with E-state index in [1.165, 1.54) is 0 Å². The van der Waals surface area contributed by atoms with Crippen LogP contribution < -0.4 is 5.14 Å². The molecule has 0 rings (SSSR count). The van der Waals surface area contributed by atoms with Crippen molar-refractivity contribution < 1.29 is 39.2 Å². The molecule has 0 fully saturated rings. The maximum atomic E-state index is 12.0. The zero-order valence-electron chi connectivity index (χ0n) is 5.95. The summed E-state index contributed by atoms with van der Waals surface area (Å²) in [6.45, 7) is 0. The molecule has 3 nitrogen and oxygen atoms in total. The molecule has 0 aliphatic heterocycles. The third-order valence-corrected chi connectivity index (χ3v) is 2.05. The number of hydrogen-bond donors (Lipinski definition) is 1. The first kappa shape index (κ1) is 17.8. The summed E-state index contributed by atoms with van der Waals surface area (Å²) in [5, 5.41) is -2.85. The standard InChI is InChI=1S/C3H2F7NO2S.Na.H/c4-1(5,2(6,7)8)3(9,10)14(11,12)13;;/h(H2,11,12,13);;. The average molecular weight is 273 g/mol. The molecule has 0 aromatic carbocycles. The monoisotopic (exact) mass is 273 g/mol. The Hall–Kier alpha value is 0.420. The summed E-state index contributed by atoms with van der Waals surface area (Å²) in [5.74, 6) is -6.73. The predicted octanol–water partition coefficient (Wildman–Crippen LogP) is 0.417. The molecular formula is C3H3F7NNaO2S. The molecule has 0 unspecified atom stereocenters. The van der Waals surface area contributed by atoms with Crippen molar-refractivity contribution in [2.45, 2.75) is 17.4 Å². The van der Waals surface area contributed by atoms with E-state index < -0.39 is 27.4 Å². The Balaban J connectivity index is 0. The SMILES string of the molecule is NS(=O)(=O)C(F)(F)C(F)(F)C(F)(F)F.[NaH]. The zero-order chi connectivity index (χ0) is 12.0. The molecule has 0 aromatic heterocycles. The van der Waals surface area contributed by atoms with Crippen molar-refractivity contribution in [3.63, 3.8) is 0 Å². The summed E-state index contributed by atoms with van der Waals surface area (Å²) < 4.78 is 101. The van der Waals surface area contributed by atoms with E-state index in [9.17, 15) is 39.2 Å². The van der Waals surface area contributed by atoms with E-state index in [4.69, 9.17) is 0 Å². The molecule has 0 aromatic rings. The molecule has 0 heterocycles. The molecule has 0 radical (unpaired) electrons. The van der Waals surface area contributed by atoms with E-state index >= 15 is 0 Å². The van der Waals surface area contributed by atoms with Crippen molar-refractivity contribution in [2.24, 2.45) is 5.14 Å². The fourth-order valence-corrected chi connectivity index (χ4v) is 0.817. The summed E-state index contributed by atoms with van der Waals surface area (Å²) in [4.78, 5) is 0. The van der Waals surface area contributed by atoms with Crippen LogP contribution in [0.4, 0.5) is 30.7 Å². The number of alkyl halides is 7. The van der Waals surface area contributed by atoms with Crippen molar-refractivity contribution >= 4 is 39.6 Å². The molecular weight excluding hydrogens is 270 g/mol. The molecule has 0 atom stereocenters. The van der Waals surface area contributed by atoms with Crippen molar-refractivity contribution in [1.29, 1.82) is 0 Å². The molecule has 0 saturated heterocycles. The minimum absolute atomic E-state index is 0. The van der Waals surface area contributed by atoms with E-state index in [2.05, 4.69) is 5.14 Å². The van der Waals surface area contributed by atoms with Gasteiger partial charge in [0.25, 0.3) is 10.0 Å². The Bertz CT molecular complexity index is 322. The minimum atomic E-state index is -6.73. The van der Waals surface area contributed by atoms with Crippen molar-refractivity contribution in [1.82, 2.24) is 0 Å². The van der Waals surface area contributed by atoms with Gasteiger partial charge < -0.3 is 0 Å². The average Bonchev–Trinajstić information content (AvgIpc) is 1.81. The quantitative estimate of drug-likeness (QED) is 0.585. The van der Waals surface area contributed by atoms with Gasteiger partial charge in [-0.05, 0) is 0 Å². The van der Waals surface area contributed by atoms with Gasteiger partial charge in [0.05, 0.1) is 0 Å². The first-order chi connectivity index (χ1) is 5.75. The maximum absolute atomic E-state index is 12.0. The van der Waals surface area contributed by atoms with Gasteiger partial charge >= 0.3 is 46.9 Å². The number of nitrogens with two attached hydrogens (primary N) is 1. The fraction of sp³-hybridized carbons (Fsp3) is 1.00. The normalized spacial score (nSPS) is 14.7. The number of halogens is 7. The zero-order valence-corrected chi connectivity index (χ0v) is 6.76. The van der Waals surface area contributed by atoms with Crippen LogP contribution in [0.2, 0.25) is 0 Å². The van der Waals surface area contributed by atoms with Gasteiger partial charge in [-0.25, -0.2) is 13.6 Å². The summed E-state index contributed by atoms with van der Waals surface area (Å²) in [5.41, 5.74) is 0. The van der Waals surface area contributed by atoms with Crippen LogP contribution in [0.1, 0.15) is 0 Å². The van der Waals surface area contributed by atoms with Crippen LogP contribution in [0.5, 0.6) is 0 Å². The van der Waals surface area contributed by atoms with Gasteiger partial charge in [-0.15, -0.1) is 0 Å². The predicted molar refractivity (Wildman–Crippen MR) is 36.2 cm³/mol. The summed E-state index contributed by atoms with van der Waals surface area (Å²) in [7, 11) is -6.35. The first-order valence-corrected chi connectivity index (χ1v) is 4.14. The third-order valence-electron chi connectivity index (χ3n) is 1.08. The molecule has 0 spiro atoms. The number of hydrogen-bond acceptors (Lipinski definition) is 2. The summed E-state index contributed by atoms with van der Waals surface area (Å²) >= 11 is 0. The molecule has 0 bridgehead atoms. The molecule has 0 saturated carbocycles. The molecule has 2 N–H and O–H groups in total. The van der Waals surface area contributed by atoms with Crippen molar-refractivity contribution in [3.05, 3.63) is 0 Å². The van der Waals surface area contributed by atoms with Crippen LogP contribution in [0.15, 0.2) is 0 Å². The van der Waals surface area contributed by atoms with Crippen LogP contribution in [0.25, 0.3) is 0 Å². The van der Waals surface area contributed by atoms with Crippen LogP contribution >= 0.6 is 0 Å². The van der Waals surface area contributed by atoms with Crippen LogP contribution in [0, 0.1) is 0 Å². The van der Waals surface area contributed by atoms with Gasteiger partial charge in [-0.3, -0.25) is 0 Å². The van der Waals surface area contributed by atoms with Gasteiger partial charge in [0.15, 0.2) is 0 Å². The molecule has 0 amide bonds. The molecule has 0 aliphatic rings. The second-order valence-electron chi connectivity index (χ2n) is 2.13. The van der Waals surface area contributed by atoms with Gasteiger partial charge in [0.2, 0.25) is 0 Å². The Morgan fingerprint density at radius 2 is 1.13 bits per heavy atom. The van der Waals surface area contributed by atoms with E-state index in [0.717, 1.165) is 0 Å². The number of sulfonamides is 1. The second-order valence-corrected chi connectivity index (χ2v) is 3.74. The van der Waals surface area contributed by atoms with Crippen LogP contribution in [-0.2, 0) is 10.0 Å². The topological polar surface area (TPSA) is 60.2 Å². The molecule has 88 valence electrons. The second kappa shape index (κ2) is 4.35. The van der Waals surface area contributed by atoms with Gasteiger partial charge in [-0.2, -0.15) is 30.7 Å². The van der Waals surface area contributed by atoms with Gasteiger partial charge in [0.1, 0.15) is 0 Å². The summed E-state index contributed by atoms with van der Waals surface area (Å²) in [6, 6.07) is 0. The van der Waals surface area contributed by atoms with Crippen LogP contribution in [-0.4, -0.2) is 55.3 Å². The Morgan fingerprint density at radius 3 is 1.20 bits per heavy atom.